The molecule has 3 heterocycles. The summed E-state index contributed by atoms with van der Waals surface area (Å²) in [5.41, 5.74) is 1.32. The summed E-state index contributed by atoms with van der Waals surface area (Å²) in [5.74, 6) is -0.733. The fraction of sp³-hybridized carbons (Fsp3) is 0.360. The van der Waals surface area contributed by atoms with Crippen molar-refractivity contribution in [3.05, 3.63) is 58.0 Å². The highest BCUT2D eigenvalue weighted by Crippen LogP contribution is 2.53. The highest BCUT2D eigenvalue weighted by atomic mass is 79.9. The van der Waals surface area contributed by atoms with Crippen LogP contribution in [0.5, 0.6) is 5.75 Å². The lowest BCUT2D eigenvalue weighted by Crippen LogP contribution is -2.51. The highest BCUT2D eigenvalue weighted by Gasteiger charge is 2.54. The second kappa shape index (κ2) is 8.94. The molecule has 190 valence electrons. The van der Waals surface area contributed by atoms with E-state index >= 15 is 0 Å². The van der Waals surface area contributed by atoms with Gasteiger partial charge in [-0.1, -0.05) is 5.21 Å². The molecule has 1 aromatic carbocycles. The number of nitrogens with one attached hydrogen (secondary N) is 2. The molecule has 2 saturated carbocycles. The second-order valence-corrected chi connectivity index (χ2v) is 10.6. The zero-order valence-electron chi connectivity index (χ0n) is 19.6. The van der Waals surface area contributed by atoms with Crippen LogP contribution in [0.4, 0.5) is 0 Å². The number of carbonyl (C=O) groups is 3. The normalized spacial score (nSPS) is 24.1. The maximum atomic E-state index is 13.5. The number of nitrogens with zero attached hydrogens (tertiary/aromatic N) is 4. The second-order valence-electron chi connectivity index (χ2n) is 9.76. The van der Waals surface area contributed by atoms with Crippen LogP contribution in [-0.4, -0.2) is 61.6 Å². The molecule has 0 radical (unpaired) electrons. The van der Waals surface area contributed by atoms with E-state index in [1.54, 1.807) is 29.2 Å². The number of halogens is 1. The van der Waals surface area contributed by atoms with Gasteiger partial charge in [0.15, 0.2) is 0 Å². The van der Waals surface area contributed by atoms with Gasteiger partial charge in [-0.25, -0.2) is 9.48 Å². The SMILES string of the molecule is O=C(O)c1cncc(-c2cn(C3CC4CCC3(NC(=O)c3cc(Br)c5c(c3)C(=O)NCCO5)C4)nn2)c1. The van der Waals surface area contributed by atoms with Crippen LogP contribution in [0, 0.1) is 5.92 Å². The Hall–Kier alpha value is -3.80. The van der Waals surface area contributed by atoms with E-state index in [0.717, 1.165) is 25.7 Å². The summed E-state index contributed by atoms with van der Waals surface area (Å²) >= 11 is 3.45. The van der Waals surface area contributed by atoms with E-state index in [4.69, 9.17) is 4.74 Å². The van der Waals surface area contributed by atoms with E-state index in [0.29, 0.717) is 51.7 Å². The van der Waals surface area contributed by atoms with Crippen LogP contribution in [0.1, 0.15) is 62.8 Å². The van der Waals surface area contributed by atoms with E-state index in [-0.39, 0.29) is 23.4 Å². The number of hydrogen-bond donors (Lipinski definition) is 3. The highest BCUT2D eigenvalue weighted by molar-refractivity contribution is 9.10. The fourth-order valence-electron chi connectivity index (χ4n) is 5.79. The minimum atomic E-state index is -1.06. The first-order chi connectivity index (χ1) is 17.8. The first-order valence-corrected chi connectivity index (χ1v) is 12.8. The molecule has 0 spiro atoms. The number of amides is 2. The molecule has 37 heavy (non-hydrogen) atoms. The average molecular weight is 567 g/mol. The molecule has 2 aromatic heterocycles. The third kappa shape index (κ3) is 4.14. The van der Waals surface area contributed by atoms with Crippen LogP contribution in [0.3, 0.4) is 0 Å². The summed E-state index contributed by atoms with van der Waals surface area (Å²) in [6.07, 6.45) is 8.10. The van der Waals surface area contributed by atoms with Gasteiger partial charge >= 0.3 is 5.97 Å². The molecule has 3 unspecified atom stereocenters. The molecule has 3 atom stereocenters. The monoisotopic (exact) mass is 566 g/mol. The molecule has 12 heteroatoms. The average Bonchev–Trinajstić information content (AvgIpc) is 3.58. The van der Waals surface area contributed by atoms with Gasteiger partial charge in [-0.05, 0) is 65.7 Å². The van der Waals surface area contributed by atoms with Crippen molar-refractivity contribution in [2.24, 2.45) is 5.92 Å². The van der Waals surface area contributed by atoms with Crippen molar-refractivity contribution in [3.63, 3.8) is 0 Å². The number of fused-ring (bicyclic) bond motifs is 3. The molecular weight excluding hydrogens is 544 g/mol. The molecule has 2 fully saturated rings. The Balaban J connectivity index is 1.28. The Kier molecular flexibility index (Phi) is 5.70. The van der Waals surface area contributed by atoms with Crippen LogP contribution in [0.2, 0.25) is 0 Å². The maximum absolute atomic E-state index is 13.5. The van der Waals surface area contributed by atoms with Crippen LogP contribution in [0.15, 0.2) is 41.3 Å². The van der Waals surface area contributed by atoms with Gasteiger partial charge in [0.05, 0.1) is 39.9 Å². The maximum Gasteiger partial charge on any atom is 0.337 e. The quantitative estimate of drug-likeness (QED) is 0.427. The van der Waals surface area contributed by atoms with Crippen molar-refractivity contribution >= 4 is 33.7 Å². The number of aromatic nitrogens is 4. The number of rotatable bonds is 5. The molecule has 2 amide bonds. The van der Waals surface area contributed by atoms with Gasteiger partial charge in [-0.15, -0.1) is 5.10 Å². The molecule has 3 aliphatic rings. The van der Waals surface area contributed by atoms with E-state index in [2.05, 4.69) is 41.9 Å². The summed E-state index contributed by atoms with van der Waals surface area (Å²) in [6, 6.07) is 4.65. The number of carbonyl (C=O) groups excluding carboxylic acids is 2. The van der Waals surface area contributed by atoms with Crippen LogP contribution >= 0.6 is 15.9 Å². The van der Waals surface area contributed by atoms with Crippen LogP contribution in [-0.2, 0) is 0 Å². The van der Waals surface area contributed by atoms with Crippen molar-refractivity contribution < 1.29 is 24.2 Å². The number of ether oxygens (including phenoxy) is 1. The summed E-state index contributed by atoms with van der Waals surface area (Å²) < 4.78 is 8.01. The van der Waals surface area contributed by atoms with E-state index in [1.807, 2.05) is 0 Å². The topological polar surface area (TPSA) is 148 Å². The number of carboxylic acids is 1. The first-order valence-electron chi connectivity index (χ1n) is 12.0. The molecule has 2 bridgehead atoms. The zero-order valence-corrected chi connectivity index (χ0v) is 21.2. The predicted octanol–water partition coefficient (Wildman–Crippen LogP) is 2.84. The predicted molar refractivity (Wildman–Crippen MR) is 133 cm³/mol. The molecule has 3 N–H and O–H groups in total. The lowest BCUT2D eigenvalue weighted by molar-refractivity contribution is 0.0695. The Morgan fingerprint density at radius 1 is 1.24 bits per heavy atom. The third-order valence-corrected chi connectivity index (χ3v) is 8.09. The van der Waals surface area contributed by atoms with E-state index in [9.17, 15) is 19.5 Å². The Morgan fingerprint density at radius 3 is 2.92 bits per heavy atom. The molecule has 3 aromatic rings. The zero-order chi connectivity index (χ0) is 25.7. The Labute approximate surface area is 219 Å². The molecule has 2 aliphatic carbocycles. The van der Waals surface area contributed by atoms with Gasteiger partial charge in [0, 0.05) is 23.5 Å². The van der Waals surface area contributed by atoms with Crippen molar-refractivity contribution in [1.82, 2.24) is 30.6 Å². The lowest BCUT2D eigenvalue weighted by Gasteiger charge is -2.36. The fourth-order valence-corrected chi connectivity index (χ4v) is 6.37. The summed E-state index contributed by atoms with van der Waals surface area (Å²) in [5, 5.41) is 23.9. The Morgan fingerprint density at radius 2 is 2.11 bits per heavy atom. The standard InChI is InChI=1S/C25H23BrN6O5/c26-18-8-14(7-17-21(18)37-4-3-28-23(17)34)22(33)29-25-2-1-13(9-25)5-20(25)32-12-19(30-31-32)15-6-16(24(35)36)11-27-10-15/h6-8,10-13,20H,1-5,9H2,(H,28,34)(H,29,33)(H,35,36). The van der Waals surface area contributed by atoms with Gasteiger partial charge < -0.3 is 20.5 Å². The molecular formula is C25H23BrN6O5. The van der Waals surface area contributed by atoms with E-state index in [1.165, 1.54) is 12.3 Å². The number of pyridine rings is 1. The first kappa shape index (κ1) is 23.6. The summed E-state index contributed by atoms with van der Waals surface area (Å²) in [6.45, 7) is 0.746. The molecule has 6 rings (SSSR count). The summed E-state index contributed by atoms with van der Waals surface area (Å²) in [4.78, 5) is 41.4. The summed E-state index contributed by atoms with van der Waals surface area (Å²) in [7, 11) is 0. The minimum Gasteiger partial charge on any atom is -0.490 e. The van der Waals surface area contributed by atoms with Crippen molar-refractivity contribution in [3.8, 4) is 17.0 Å². The molecule has 0 saturated heterocycles. The van der Waals surface area contributed by atoms with E-state index < -0.39 is 11.5 Å². The van der Waals surface area contributed by atoms with Gasteiger partial charge in [-0.3, -0.25) is 14.6 Å². The third-order valence-electron chi connectivity index (χ3n) is 7.50. The van der Waals surface area contributed by atoms with Gasteiger partial charge in [0.25, 0.3) is 11.8 Å². The van der Waals surface area contributed by atoms with Crippen LogP contribution in [0.25, 0.3) is 11.3 Å². The number of benzene rings is 1. The molecule has 11 nitrogen and oxygen atoms in total. The van der Waals surface area contributed by atoms with Gasteiger partial charge in [-0.2, -0.15) is 0 Å². The number of aromatic carboxylic acids is 1. The van der Waals surface area contributed by atoms with Crippen molar-refractivity contribution in [2.45, 2.75) is 37.3 Å². The lowest BCUT2D eigenvalue weighted by atomic mass is 9.88. The smallest absolute Gasteiger partial charge is 0.337 e. The van der Waals surface area contributed by atoms with Gasteiger partial charge in [0.1, 0.15) is 18.1 Å². The minimum absolute atomic E-state index is 0.0710. The van der Waals surface area contributed by atoms with Crippen LogP contribution < -0.4 is 15.4 Å². The number of carboxylic acid groups (broad SMARTS) is 1. The van der Waals surface area contributed by atoms with Crippen molar-refractivity contribution in [1.29, 1.82) is 0 Å². The van der Waals surface area contributed by atoms with Crippen molar-refractivity contribution in [2.75, 3.05) is 13.2 Å². The number of hydrogen-bond acceptors (Lipinski definition) is 7. The molecule has 1 aliphatic heterocycles. The Bertz CT molecular complexity index is 1440. The van der Waals surface area contributed by atoms with Gasteiger partial charge in [0.2, 0.25) is 0 Å². The largest absolute Gasteiger partial charge is 0.490 e.